The van der Waals surface area contributed by atoms with Crippen LogP contribution in [0.15, 0.2) is 30.3 Å². The van der Waals surface area contributed by atoms with Crippen LogP contribution in [0.1, 0.15) is 22.8 Å². The minimum atomic E-state index is -0.411. The lowest BCUT2D eigenvalue weighted by Crippen LogP contribution is -1.99. The van der Waals surface area contributed by atoms with E-state index in [9.17, 15) is 9.59 Å². The molecule has 0 bridgehead atoms. The molecule has 1 heterocycles. The quantitative estimate of drug-likeness (QED) is 0.480. The fourth-order valence-corrected chi connectivity index (χ4v) is 1.94. The number of rotatable bonds is 5. The van der Waals surface area contributed by atoms with Gasteiger partial charge in [-0.2, -0.15) is 0 Å². The summed E-state index contributed by atoms with van der Waals surface area (Å²) in [4.78, 5) is 26.8. The molecule has 5 heteroatoms. The van der Waals surface area contributed by atoms with E-state index in [4.69, 9.17) is 9.47 Å². The van der Waals surface area contributed by atoms with Crippen LogP contribution in [-0.2, 0) is 9.53 Å². The van der Waals surface area contributed by atoms with E-state index in [2.05, 4.69) is 4.98 Å². The molecule has 0 aliphatic carbocycles. The number of carbonyl (C=O) groups excluding carboxylic acids is 2. The van der Waals surface area contributed by atoms with Crippen LogP contribution < -0.4 is 4.74 Å². The number of hydrogen-bond acceptors (Lipinski definition) is 5. The Bertz CT molecular complexity index is 707. The molecule has 0 saturated heterocycles. The van der Waals surface area contributed by atoms with Crippen LogP contribution >= 0.6 is 0 Å². The minimum absolute atomic E-state index is 0.326. The Labute approximate surface area is 122 Å². The van der Waals surface area contributed by atoms with Crippen molar-refractivity contribution in [1.82, 2.24) is 4.98 Å². The third-order valence-corrected chi connectivity index (χ3v) is 2.92. The zero-order chi connectivity index (χ0) is 15.2. The van der Waals surface area contributed by atoms with Crippen molar-refractivity contribution < 1.29 is 19.1 Å². The van der Waals surface area contributed by atoms with E-state index < -0.39 is 5.97 Å². The van der Waals surface area contributed by atoms with Crippen LogP contribution in [0, 0.1) is 0 Å². The Kier molecular flexibility index (Phi) is 4.66. The first kappa shape index (κ1) is 14.7. The number of pyridine rings is 1. The van der Waals surface area contributed by atoms with E-state index in [1.54, 1.807) is 37.3 Å². The lowest BCUT2D eigenvalue weighted by molar-refractivity contribution is -0.137. The summed E-state index contributed by atoms with van der Waals surface area (Å²) in [5, 5.41) is 0.765. The molecule has 0 radical (unpaired) electrons. The molecule has 0 amide bonds. The highest BCUT2D eigenvalue weighted by Gasteiger charge is 2.07. The van der Waals surface area contributed by atoms with Gasteiger partial charge in [0.2, 0.25) is 5.88 Å². The van der Waals surface area contributed by atoms with Gasteiger partial charge < -0.3 is 9.47 Å². The normalized spacial score (nSPS) is 10.8. The third-order valence-electron chi connectivity index (χ3n) is 2.92. The number of nitrogens with zero attached hydrogens (tertiary/aromatic N) is 1. The summed E-state index contributed by atoms with van der Waals surface area (Å²) in [5.41, 5.74) is 1.78. The lowest BCUT2D eigenvalue weighted by Gasteiger charge is -2.06. The summed E-state index contributed by atoms with van der Waals surface area (Å²) in [5.74, 6) is 0.0173. The molecule has 108 valence electrons. The van der Waals surface area contributed by atoms with Gasteiger partial charge >= 0.3 is 5.97 Å². The summed E-state index contributed by atoms with van der Waals surface area (Å²) in [6.07, 6.45) is 3.74. The lowest BCUT2D eigenvalue weighted by atomic mass is 10.0. The van der Waals surface area contributed by atoms with Crippen LogP contribution in [0.4, 0.5) is 0 Å². The largest absolute Gasteiger partial charge is 0.481 e. The molecule has 21 heavy (non-hydrogen) atoms. The van der Waals surface area contributed by atoms with Gasteiger partial charge in [0, 0.05) is 23.1 Å². The maximum atomic E-state index is 11.4. The predicted octanol–water partition coefficient (Wildman–Crippen LogP) is 2.63. The number of fused-ring (bicyclic) bond motifs is 1. The second-order valence-corrected chi connectivity index (χ2v) is 4.20. The average molecular weight is 285 g/mol. The second kappa shape index (κ2) is 6.65. The zero-order valence-electron chi connectivity index (χ0n) is 11.8. The molecular weight excluding hydrogens is 270 g/mol. The van der Waals surface area contributed by atoms with E-state index in [1.165, 1.54) is 13.2 Å². The van der Waals surface area contributed by atoms with Gasteiger partial charge in [0.15, 0.2) is 6.29 Å². The van der Waals surface area contributed by atoms with Gasteiger partial charge in [-0.05, 0) is 30.7 Å². The number of aldehydes is 1. The Hall–Kier alpha value is -2.69. The highest BCUT2D eigenvalue weighted by Crippen LogP contribution is 2.24. The monoisotopic (exact) mass is 285 g/mol. The fourth-order valence-electron chi connectivity index (χ4n) is 1.94. The first-order chi connectivity index (χ1) is 10.2. The Morgan fingerprint density at radius 1 is 1.24 bits per heavy atom. The Balaban J connectivity index is 2.50. The molecule has 0 atom stereocenters. The maximum absolute atomic E-state index is 11.4. The molecule has 0 aliphatic rings. The first-order valence-electron chi connectivity index (χ1n) is 6.47. The van der Waals surface area contributed by atoms with Gasteiger partial charge in [-0.3, -0.25) is 4.79 Å². The Morgan fingerprint density at radius 2 is 2.00 bits per heavy atom. The van der Waals surface area contributed by atoms with Gasteiger partial charge in [0.25, 0.3) is 0 Å². The summed E-state index contributed by atoms with van der Waals surface area (Å²) in [7, 11) is 1.51. The van der Waals surface area contributed by atoms with Crippen molar-refractivity contribution in [3.8, 4) is 5.88 Å². The van der Waals surface area contributed by atoms with E-state index >= 15 is 0 Å². The van der Waals surface area contributed by atoms with Crippen LogP contribution in [0.3, 0.4) is 0 Å². The highest BCUT2D eigenvalue weighted by molar-refractivity contribution is 6.01. The van der Waals surface area contributed by atoms with E-state index in [0.29, 0.717) is 23.6 Å². The van der Waals surface area contributed by atoms with Gasteiger partial charge in [0.1, 0.15) is 0 Å². The van der Waals surface area contributed by atoms with Crippen LogP contribution in [-0.4, -0.2) is 31.0 Å². The number of benzene rings is 1. The number of carbonyl (C=O) groups is 2. The van der Waals surface area contributed by atoms with Gasteiger partial charge in [0.05, 0.1) is 19.2 Å². The van der Waals surface area contributed by atoms with E-state index in [1.807, 2.05) is 0 Å². The molecule has 0 aliphatic heterocycles. The molecule has 0 fully saturated rings. The third kappa shape index (κ3) is 3.25. The fraction of sp³-hybridized carbons (Fsp3) is 0.188. The van der Waals surface area contributed by atoms with Gasteiger partial charge in [-0.15, -0.1) is 0 Å². The van der Waals surface area contributed by atoms with Crippen LogP contribution in [0.2, 0.25) is 0 Å². The zero-order valence-corrected chi connectivity index (χ0v) is 11.8. The highest BCUT2D eigenvalue weighted by atomic mass is 16.5. The molecular formula is C16H15NO4. The van der Waals surface area contributed by atoms with Crippen molar-refractivity contribution >= 4 is 29.2 Å². The topological polar surface area (TPSA) is 65.5 Å². The van der Waals surface area contributed by atoms with Crippen molar-refractivity contribution in [2.24, 2.45) is 0 Å². The Morgan fingerprint density at radius 3 is 2.67 bits per heavy atom. The smallest absolute Gasteiger partial charge is 0.330 e. The summed E-state index contributed by atoms with van der Waals surface area (Å²) >= 11 is 0. The van der Waals surface area contributed by atoms with Crippen LogP contribution in [0.5, 0.6) is 5.88 Å². The summed E-state index contributed by atoms with van der Waals surface area (Å²) in [6, 6.07) is 6.93. The summed E-state index contributed by atoms with van der Waals surface area (Å²) < 4.78 is 9.91. The molecule has 0 saturated carbocycles. The molecule has 1 aromatic heterocycles. The van der Waals surface area contributed by atoms with Gasteiger partial charge in [-0.1, -0.05) is 6.07 Å². The number of esters is 1. The predicted molar refractivity (Wildman–Crippen MR) is 79.3 cm³/mol. The molecule has 2 aromatic rings. The SMILES string of the molecule is CCOC(=O)/C=C/c1ccc(C=O)c2nc(OC)ccc12. The molecule has 2 rings (SSSR count). The van der Waals surface area contributed by atoms with E-state index in [-0.39, 0.29) is 0 Å². The maximum Gasteiger partial charge on any atom is 0.330 e. The standard InChI is InChI=1S/C16H15NO4/c1-3-21-15(19)9-6-11-4-5-12(10-18)16-13(11)7-8-14(17-16)20-2/h4-10H,3H2,1-2H3/b9-6+. The molecule has 1 aromatic carbocycles. The number of ether oxygens (including phenoxy) is 2. The molecule has 5 nitrogen and oxygen atoms in total. The minimum Gasteiger partial charge on any atom is -0.481 e. The molecule has 0 unspecified atom stereocenters. The van der Waals surface area contributed by atoms with Crippen molar-refractivity contribution in [3.05, 3.63) is 41.5 Å². The first-order valence-corrected chi connectivity index (χ1v) is 6.47. The van der Waals surface area contributed by atoms with Crippen molar-refractivity contribution in [2.75, 3.05) is 13.7 Å². The summed E-state index contributed by atoms with van der Waals surface area (Å²) in [6.45, 7) is 2.07. The van der Waals surface area contributed by atoms with Gasteiger partial charge in [-0.25, -0.2) is 9.78 Å². The van der Waals surface area contributed by atoms with Crippen LogP contribution in [0.25, 0.3) is 17.0 Å². The number of aromatic nitrogens is 1. The number of hydrogen-bond donors (Lipinski definition) is 0. The molecule has 0 spiro atoms. The molecule has 0 N–H and O–H groups in total. The van der Waals surface area contributed by atoms with E-state index in [0.717, 1.165) is 17.2 Å². The second-order valence-electron chi connectivity index (χ2n) is 4.20. The van der Waals surface area contributed by atoms with Crippen molar-refractivity contribution in [3.63, 3.8) is 0 Å². The average Bonchev–Trinajstić information content (AvgIpc) is 2.52. The van der Waals surface area contributed by atoms with Crippen molar-refractivity contribution in [2.45, 2.75) is 6.92 Å². The number of methoxy groups -OCH3 is 1. The van der Waals surface area contributed by atoms with Crippen molar-refractivity contribution in [1.29, 1.82) is 0 Å².